The largest absolute Gasteiger partial charge is 0.319 e. The molecule has 0 fully saturated rings. The van der Waals surface area contributed by atoms with Crippen LogP contribution in [0.15, 0.2) is 66.9 Å². The molecular formula is C18H15ClN2. The molecule has 0 unspecified atom stereocenters. The molecule has 21 heavy (non-hydrogen) atoms. The summed E-state index contributed by atoms with van der Waals surface area (Å²) in [7, 11) is 0. The number of nitrogens with one attached hydrogen (secondary N) is 1. The van der Waals surface area contributed by atoms with Crippen molar-refractivity contribution in [1.29, 1.82) is 0 Å². The Bertz CT molecular complexity index is 791. The zero-order chi connectivity index (χ0) is 14.2. The summed E-state index contributed by atoms with van der Waals surface area (Å²) in [5.41, 5.74) is 4.86. The molecular weight excluding hydrogens is 280 g/mol. The first-order chi connectivity index (χ1) is 10.3. The number of aromatic nitrogens is 1. The Labute approximate surface area is 129 Å². The second-order valence-corrected chi connectivity index (χ2v) is 5.67. The van der Waals surface area contributed by atoms with Gasteiger partial charge in [-0.25, -0.2) is 0 Å². The molecule has 1 N–H and O–H groups in total. The maximum Gasteiger partial charge on any atom is 0.0751 e. The summed E-state index contributed by atoms with van der Waals surface area (Å²) in [6.45, 7) is 0.827. The Balaban J connectivity index is 1.90. The van der Waals surface area contributed by atoms with Crippen molar-refractivity contribution in [3.8, 4) is 5.69 Å². The van der Waals surface area contributed by atoms with Gasteiger partial charge in [0.2, 0.25) is 0 Å². The van der Waals surface area contributed by atoms with Gasteiger partial charge in [-0.05, 0) is 35.4 Å². The second-order valence-electron chi connectivity index (χ2n) is 5.27. The van der Waals surface area contributed by atoms with Gasteiger partial charge in [-0.3, -0.25) is 0 Å². The molecule has 2 nitrogen and oxygen atoms in total. The topological polar surface area (TPSA) is 17.0 Å². The Hall–Kier alpha value is -2.03. The van der Waals surface area contributed by atoms with E-state index in [0.29, 0.717) is 0 Å². The lowest BCUT2D eigenvalue weighted by Gasteiger charge is -2.19. The van der Waals surface area contributed by atoms with Crippen molar-refractivity contribution in [2.24, 2.45) is 0 Å². The van der Waals surface area contributed by atoms with Gasteiger partial charge in [0.05, 0.1) is 6.04 Å². The van der Waals surface area contributed by atoms with Gasteiger partial charge < -0.3 is 9.88 Å². The minimum atomic E-state index is 0.0982. The van der Waals surface area contributed by atoms with E-state index in [9.17, 15) is 0 Å². The van der Waals surface area contributed by atoms with Crippen molar-refractivity contribution in [2.45, 2.75) is 12.6 Å². The van der Waals surface area contributed by atoms with Crippen LogP contribution in [0.4, 0.5) is 0 Å². The van der Waals surface area contributed by atoms with Crippen molar-refractivity contribution in [2.75, 3.05) is 0 Å². The number of halogens is 1. The van der Waals surface area contributed by atoms with E-state index in [1.54, 1.807) is 0 Å². The molecule has 4 rings (SSSR count). The van der Waals surface area contributed by atoms with Gasteiger partial charge in [-0.1, -0.05) is 48.0 Å². The smallest absolute Gasteiger partial charge is 0.0751 e. The zero-order valence-corrected chi connectivity index (χ0v) is 12.2. The lowest BCUT2D eigenvalue weighted by molar-refractivity contribution is 0.601. The molecule has 2 heterocycles. The third-order valence-electron chi connectivity index (χ3n) is 4.04. The molecule has 0 saturated heterocycles. The van der Waals surface area contributed by atoms with E-state index in [-0.39, 0.29) is 6.04 Å². The Kier molecular flexibility index (Phi) is 3.06. The van der Waals surface area contributed by atoms with Gasteiger partial charge >= 0.3 is 0 Å². The number of benzene rings is 2. The molecule has 0 amide bonds. The highest BCUT2D eigenvalue weighted by molar-refractivity contribution is 6.31. The van der Waals surface area contributed by atoms with Crippen LogP contribution in [0.2, 0.25) is 5.02 Å². The molecule has 0 aliphatic carbocycles. The van der Waals surface area contributed by atoms with Crippen LogP contribution < -0.4 is 5.32 Å². The number of hydrogen-bond donors (Lipinski definition) is 1. The summed E-state index contributed by atoms with van der Waals surface area (Å²) >= 11 is 6.41. The van der Waals surface area contributed by atoms with Gasteiger partial charge in [0, 0.05) is 29.1 Å². The lowest BCUT2D eigenvalue weighted by atomic mass is 10.0. The van der Waals surface area contributed by atoms with E-state index in [1.807, 2.05) is 18.2 Å². The highest BCUT2D eigenvalue weighted by Crippen LogP contribution is 2.33. The van der Waals surface area contributed by atoms with E-state index >= 15 is 0 Å². The fraction of sp³-hybridized carbons (Fsp3) is 0.111. The molecule has 0 saturated carbocycles. The van der Waals surface area contributed by atoms with Crippen LogP contribution in [-0.4, -0.2) is 4.57 Å². The molecule has 3 aromatic rings. The predicted molar refractivity (Wildman–Crippen MR) is 85.9 cm³/mol. The second kappa shape index (κ2) is 5.06. The van der Waals surface area contributed by atoms with Gasteiger partial charge in [-0.2, -0.15) is 0 Å². The molecule has 104 valence electrons. The van der Waals surface area contributed by atoms with Crippen LogP contribution in [-0.2, 0) is 6.54 Å². The van der Waals surface area contributed by atoms with Crippen LogP contribution in [0.25, 0.3) is 5.69 Å². The summed E-state index contributed by atoms with van der Waals surface area (Å²) in [6.07, 6.45) is 2.12. The molecule has 1 aliphatic heterocycles. The zero-order valence-electron chi connectivity index (χ0n) is 11.5. The minimum absolute atomic E-state index is 0.0982. The first kappa shape index (κ1) is 12.7. The summed E-state index contributed by atoms with van der Waals surface area (Å²) < 4.78 is 2.25. The van der Waals surface area contributed by atoms with Crippen LogP contribution in [0.5, 0.6) is 0 Å². The van der Waals surface area contributed by atoms with E-state index < -0.39 is 0 Å². The number of para-hydroxylation sites is 1. The molecule has 0 radical (unpaired) electrons. The molecule has 3 heteroatoms. The molecule has 2 aromatic carbocycles. The van der Waals surface area contributed by atoms with Crippen molar-refractivity contribution in [1.82, 2.24) is 9.88 Å². The standard InChI is InChI=1S/C18H15ClN2/c19-15-8-3-2-7-14(15)18-17-10-5-11-21(17)16-9-4-1-6-13(16)12-20-18/h1-11,18,20H,12H2/t18-/m0/s1. The third-order valence-corrected chi connectivity index (χ3v) is 4.38. The van der Waals surface area contributed by atoms with Gasteiger partial charge in [0.1, 0.15) is 0 Å². The molecule has 1 atom stereocenters. The Morgan fingerprint density at radius 2 is 1.76 bits per heavy atom. The predicted octanol–water partition coefficient (Wildman–Crippen LogP) is 4.32. The van der Waals surface area contributed by atoms with Crippen molar-refractivity contribution in [3.63, 3.8) is 0 Å². The molecule has 1 aliphatic rings. The van der Waals surface area contributed by atoms with E-state index in [1.165, 1.54) is 16.9 Å². The Morgan fingerprint density at radius 3 is 2.67 bits per heavy atom. The summed E-state index contributed by atoms with van der Waals surface area (Å²) in [5, 5.41) is 4.43. The van der Waals surface area contributed by atoms with Crippen LogP contribution in [0, 0.1) is 0 Å². The van der Waals surface area contributed by atoms with Crippen LogP contribution >= 0.6 is 11.6 Å². The fourth-order valence-corrected chi connectivity index (χ4v) is 3.28. The van der Waals surface area contributed by atoms with E-state index in [2.05, 4.69) is 58.5 Å². The van der Waals surface area contributed by atoms with Crippen LogP contribution in [0.1, 0.15) is 22.9 Å². The summed E-state index contributed by atoms with van der Waals surface area (Å²) in [6, 6.07) is 20.9. The minimum Gasteiger partial charge on any atom is -0.319 e. The summed E-state index contributed by atoms with van der Waals surface area (Å²) in [4.78, 5) is 0. The quantitative estimate of drug-likeness (QED) is 0.707. The first-order valence-corrected chi connectivity index (χ1v) is 7.46. The fourth-order valence-electron chi connectivity index (χ4n) is 3.04. The number of hydrogen-bond acceptors (Lipinski definition) is 1. The highest BCUT2D eigenvalue weighted by Gasteiger charge is 2.23. The van der Waals surface area contributed by atoms with Crippen LogP contribution in [0.3, 0.4) is 0 Å². The Morgan fingerprint density at radius 1 is 0.952 bits per heavy atom. The van der Waals surface area contributed by atoms with E-state index in [0.717, 1.165) is 17.1 Å². The van der Waals surface area contributed by atoms with Gasteiger partial charge in [0.15, 0.2) is 0 Å². The van der Waals surface area contributed by atoms with E-state index in [4.69, 9.17) is 11.6 Å². The molecule has 0 bridgehead atoms. The summed E-state index contributed by atoms with van der Waals surface area (Å²) in [5.74, 6) is 0. The van der Waals surface area contributed by atoms with Crippen molar-refractivity contribution >= 4 is 11.6 Å². The lowest BCUT2D eigenvalue weighted by Crippen LogP contribution is -2.21. The maximum absolute atomic E-state index is 6.41. The van der Waals surface area contributed by atoms with Crippen molar-refractivity contribution in [3.05, 3.63) is 88.7 Å². The monoisotopic (exact) mass is 294 g/mol. The first-order valence-electron chi connectivity index (χ1n) is 7.08. The third kappa shape index (κ3) is 2.08. The SMILES string of the molecule is Clc1ccccc1[C@@H]1NCc2ccccc2-n2cccc21. The highest BCUT2D eigenvalue weighted by atomic mass is 35.5. The molecule has 1 aromatic heterocycles. The number of nitrogens with zero attached hydrogens (tertiary/aromatic N) is 1. The maximum atomic E-state index is 6.41. The average Bonchev–Trinajstić information content (AvgIpc) is 2.93. The van der Waals surface area contributed by atoms with Gasteiger partial charge in [0.25, 0.3) is 0 Å². The number of rotatable bonds is 1. The molecule has 0 spiro atoms. The normalized spacial score (nSPS) is 16.9. The average molecular weight is 295 g/mol. The van der Waals surface area contributed by atoms with Gasteiger partial charge in [-0.15, -0.1) is 0 Å². The number of fused-ring (bicyclic) bond motifs is 3. The van der Waals surface area contributed by atoms with Crippen molar-refractivity contribution < 1.29 is 0 Å².